The van der Waals surface area contributed by atoms with Crippen molar-refractivity contribution in [3.8, 4) is 23.7 Å². The predicted molar refractivity (Wildman–Crippen MR) is 40.8 cm³/mol. The molecular formula is C9H12. The molecule has 9 heavy (non-hydrogen) atoms. The molecule has 0 rings (SSSR count). The Balaban J connectivity index is 3.23. The summed E-state index contributed by atoms with van der Waals surface area (Å²) in [4.78, 5) is 0. The van der Waals surface area contributed by atoms with Crippen LogP contribution in [0, 0.1) is 23.7 Å². The quantitative estimate of drug-likeness (QED) is 0.387. The molecule has 0 aliphatic heterocycles. The van der Waals surface area contributed by atoms with E-state index >= 15 is 0 Å². The van der Waals surface area contributed by atoms with Crippen molar-refractivity contribution >= 4 is 0 Å². The van der Waals surface area contributed by atoms with Crippen LogP contribution in [0.3, 0.4) is 0 Å². The second-order valence-corrected chi connectivity index (χ2v) is 1.78. The van der Waals surface area contributed by atoms with Gasteiger partial charge < -0.3 is 0 Å². The van der Waals surface area contributed by atoms with Gasteiger partial charge in [-0.05, 0) is 25.2 Å². The molecule has 0 aliphatic carbocycles. The highest BCUT2D eigenvalue weighted by Crippen LogP contribution is 1.89. The van der Waals surface area contributed by atoms with Crippen LogP contribution in [0.1, 0.15) is 33.1 Å². The van der Waals surface area contributed by atoms with Crippen molar-refractivity contribution in [1.29, 1.82) is 0 Å². The minimum Gasteiger partial charge on any atom is -0.0925 e. The van der Waals surface area contributed by atoms with Crippen molar-refractivity contribution in [1.82, 2.24) is 0 Å². The van der Waals surface area contributed by atoms with Gasteiger partial charge in [0, 0.05) is 6.42 Å². The monoisotopic (exact) mass is 120 g/mol. The Bertz CT molecular complexity index is 156. The van der Waals surface area contributed by atoms with Gasteiger partial charge in [0.15, 0.2) is 0 Å². The number of hydrogen-bond donors (Lipinski definition) is 0. The van der Waals surface area contributed by atoms with Gasteiger partial charge in [-0.3, -0.25) is 0 Å². The first kappa shape index (κ1) is 8.12. The minimum atomic E-state index is 0.991. The van der Waals surface area contributed by atoms with Gasteiger partial charge in [0.2, 0.25) is 0 Å². The highest BCUT2D eigenvalue weighted by Gasteiger charge is 1.73. The van der Waals surface area contributed by atoms with Crippen molar-refractivity contribution < 1.29 is 0 Å². The number of unbranched alkanes of at least 4 members (excludes halogenated alkanes) is 2. The zero-order chi connectivity index (χ0) is 6.95. The van der Waals surface area contributed by atoms with Gasteiger partial charge in [-0.1, -0.05) is 25.2 Å². The van der Waals surface area contributed by atoms with Crippen LogP contribution < -0.4 is 0 Å². The SMILES string of the molecule is CC#CC#CCCCC. The van der Waals surface area contributed by atoms with Crippen LogP contribution in [-0.2, 0) is 0 Å². The molecule has 0 aromatic carbocycles. The maximum Gasteiger partial charge on any atom is 0.00988 e. The summed E-state index contributed by atoms with van der Waals surface area (Å²) in [5.41, 5.74) is 0. The smallest absolute Gasteiger partial charge is 0.00988 e. The van der Waals surface area contributed by atoms with E-state index in [4.69, 9.17) is 0 Å². The van der Waals surface area contributed by atoms with E-state index in [1.165, 1.54) is 12.8 Å². The summed E-state index contributed by atoms with van der Waals surface area (Å²) in [6.07, 6.45) is 3.40. The van der Waals surface area contributed by atoms with E-state index < -0.39 is 0 Å². The molecule has 0 aromatic rings. The fourth-order valence-corrected chi connectivity index (χ4v) is 0.434. The van der Waals surface area contributed by atoms with E-state index in [1.807, 2.05) is 0 Å². The summed E-state index contributed by atoms with van der Waals surface area (Å²) in [7, 11) is 0. The van der Waals surface area contributed by atoms with E-state index in [0.29, 0.717) is 0 Å². The van der Waals surface area contributed by atoms with Crippen molar-refractivity contribution in [2.24, 2.45) is 0 Å². The molecule has 0 spiro atoms. The van der Waals surface area contributed by atoms with Crippen molar-refractivity contribution in [3.63, 3.8) is 0 Å². The lowest BCUT2D eigenvalue weighted by atomic mass is 10.2. The fourth-order valence-electron chi connectivity index (χ4n) is 0.434. The third-order valence-corrected chi connectivity index (χ3v) is 0.931. The van der Waals surface area contributed by atoms with Gasteiger partial charge >= 0.3 is 0 Å². The van der Waals surface area contributed by atoms with E-state index in [0.717, 1.165) is 6.42 Å². The number of rotatable bonds is 2. The maximum absolute atomic E-state index is 2.96. The molecule has 0 amide bonds. The van der Waals surface area contributed by atoms with Crippen molar-refractivity contribution in [2.75, 3.05) is 0 Å². The molecule has 0 atom stereocenters. The number of hydrogen-bond acceptors (Lipinski definition) is 0. The summed E-state index contributed by atoms with van der Waals surface area (Å²) in [5, 5.41) is 0. The average molecular weight is 120 g/mol. The van der Waals surface area contributed by atoms with Gasteiger partial charge in [0.05, 0.1) is 0 Å². The topological polar surface area (TPSA) is 0 Å². The van der Waals surface area contributed by atoms with Gasteiger partial charge in [-0.25, -0.2) is 0 Å². The summed E-state index contributed by atoms with van der Waals surface area (Å²) in [6, 6.07) is 0. The van der Waals surface area contributed by atoms with Gasteiger partial charge in [0.25, 0.3) is 0 Å². The Labute approximate surface area is 57.7 Å². The van der Waals surface area contributed by atoms with Crippen molar-refractivity contribution in [3.05, 3.63) is 0 Å². The van der Waals surface area contributed by atoms with Gasteiger partial charge in [-0.2, -0.15) is 0 Å². The van der Waals surface area contributed by atoms with Crippen LogP contribution in [0.2, 0.25) is 0 Å². The first-order valence-electron chi connectivity index (χ1n) is 3.31. The molecule has 0 unspecified atom stereocenters. The Morgan fingerprint density at radius 1 is 1.22 bits per heavy atom. The van der Waals surface area contributed by atoms with Crippen LogP contribution in [0.25, 0.3) is 0 Å². The first-order chi connectivity index (χ1) is 4.41. The molecule has 0 fully saturated rings. The van der Waals surface area contributed by atoms with Crippen molar-refractivity contribution in [2.45, 2.75) is 33.1 Å². The second-order valence-electron chi connectivity index (χ2n) is 1.78. The Morgan fingerprint density at radius 3 is 2.56 bits per heavy atom. The third-order valence-electron chi connectivity index (χ3n) is 0.931. The van der Waals surface area contributed by atoms with E-state index in [2.05, 4.69) is 30.6 Å². The van der Waals surface area contributed by atoms with Gasteiger partial charge in [-0.15, -0.1) is 0 Å². The molecule has 0 heteroatoms. The van der Waals surface area contributed by atoms with Crippen LogP contribution in [-0.4, -0.2) is 0 Å². The molecule has 0 nitrogen and oxygen atoms in total. The highest BCUT2D eigenvalue weighted by molar-refractivity contribution is 5.24. The minimum absolute atomic E-state index is 0.991. The summed E-state index contributed by atoms with van der Waals surface area (Å²) >= 11 is 0. The lowest BCUT2D eigenvalue weighted by Crippen LogP contribution is -1.65. The molecule has 0 heterocycles. The Kier molecular flexibility index (Phi) is 6.42. The van der Waals surface area contributed by atoms with Crippen LogP contribution in [0.5, 0.6) is 0 Å². The molecule has 0 saturated carbocycles. The summed E-state index contributed by atoms with van der Waals surface area (Å²) in [6.45, 7) is 3.96. The molecule has 0 bridgehead atoms. The zero-order valence-electron chi connectivity index (χ0n) is 6.12. The normalized spacial score (nSPS) is 6.44. The lowest BCUT2D eigenvalue weighted by Gasteiger charge is -1.80. The molecule has 0 saturated heterocycles. The summed E-state index contributed by atoms with van der Waals surface area (Å²) < 4.78 is 0. The highest BCUT2D eigenvalue weighted by atomic mass is 13.8. The molecule has 0 aliphatic rings. The van der Waals surface area contributed by atoms with Gasteiger partial charge in [0.1, 0.15) is 0 Å². The van der Waals surface area contributed by atoms with Crippen LogP contribution in [0.15, 0.2) is 0 Å². The molecule has 0 aromatic heterocycles. The first-order valence-corrected chi connectivity index (χ1v) is 3.31. The molecular weight excluding hydrogens is 108 g/mol. The van der Waals surface area contributed by atoms with Crippen LogP contribution >= 0.6 is 0 Å². The third kappa shape index (κ3) is 7.12. The van der Waals surface area contributed by atoms with Crippen LogP contribution in [0.4, 0.5) is 0 Å². The summed E-state index contributed by atoms with van der Waals surface area (Å²) in [5.74, 6) is 11.1. The largest absolute Gasteiger partial charge is 0.0925 e. The lowest BCUT2D eigenvalue weighted by molar-refractivity contribution is 0.828. The van der Waals surface area contributed by atoms with E-state index in [9.17, 15) is 0 Å². The fraction of sp³-hybridized carbons (Fsp3) is 0.556. The van der Waals surface area contributed by atoms with E-state index in [1.54, 1.807) is 6.92 Å². The second kappa shape index (κ2) is 7.12. The molecule has 0 N–H and O–H groups in total. The maximum atomic E-state index is 2.96. The zero-order valence-corrected chi connectivity index (χ0v) is 6.12. The molecule has 48 valence electrons. The predicted octanol–water partition coefficient (Wildman–Crippen LogP) is 2.20. The standard InChI is InChI=1S/C9H12/c1-3-5-7-9-8-6-4-2/h3,5,7H2,1-2H3. The van der Waals surface area contributed by atoms with E-state index in [-0.39, 0.29) is 0 Å². The Hall–Kier alpha value is -0.880. The molecule has 0 radical (unpaired) electrons. The Morgan fingerprint density at radius 2 is 2.00 bits per heavy atom. The average Bonchev–Trinajstić information content (AvgIpc) is 1.89.